The van der Waals surface area contributed by atoms with Gasteiger partial charge in [-0.15, -0.1) is 0 Å². The van der Waals surface area contributed by atoms with Gasteiger partial charge in [-0.3, -0.25) is 9.69 Å². The number of likely N-dealkylation sites (N-methyl/N-ethyl adjacent to an activating group) is 2. The van der Waals surface area contributed by atoms with Gasteiger partial charge in [-0.1, -0.05) is 25.7 Å². The summed E-state index contributed by atoms with van der Waals surface area (Å²) in [7, 11) is 3.97. The maximum atomic E-state index is 12.4. The molecule has 5 heteroatoms. The molecule has 1 amide bonds. The Morgan fingerprint density at radius 1 is 1.13 bits per heavy atom. The number of aliphatic hydroxyl groups is 1. The van der Waals surface area contributed by atoms with Gasteiger partial charge in [0.2, 0.25) is 5.91 Å². The third-order valence-electron chi connectivity index (χ3n) is 5.41. The van der Waals surface area contributed by atoms with Crippen molar-refractivity contribution >= 4 is 5.91 Å². The van der Waals surface area contributed by atoms with E-state index in [4.69, 9.17) is 0 Å². The van der Waals surface area contributed by atoms with Crippen LogP contribution in [0.25, 0.3) is 0 Å². The maximum Gasteiger partial charge on any atom is 0.222 e. The monoisotopic (exact) mass is 325 g/mol. The lowest BCUT2D eigenvalue weighted by Crippen LogP contribution is -2.49. The largest absolute Gasteiger partial charge is 0.390 e. The first-order valence-corrected chi connectivity index (χ1v) is 9.37. The Hall–Kier alpha value is -0.650. The molecule has 5 nitrogen and oxygen atoms in total. The molecule has 1 atom stereocenters. The van der Waals surface area contributed by atoms with E-state index in [1.165, 1.54) is 38.5 Å². The Labute approximate surface area is 141 Å². The van der Waals surface area contributed by atoms with Gasteiger partial charge in [0.05, 0.1) is 6.10 Å². The number of β-amino-alcohol motifs (C(OH)–C–C–N with tert-alkyl or cyclic N) is 1. The Morgan fingerprint density at radius 3 is 2.35 bits per heavy atom. The third kappa shape index (κ3) is 6.77. The minimum Gasteiger partial charge on any atom is -0.390 e. The predicted octanol–water partition coefficient (Wildman–Crippen LogP) is 1.41. The number of carbonyl (C=O) groups is 1. The van der Waals surface area contributed by atoms with Crippen molar-refractivity contribution in [1.82, 2.24) is 14.7 Å². The molecule has 1 N–H and O–H groups in total. The van der Waals surface area contributed by atoms with Crippen molar-refractivity contribution in [3.63, 3.8) is 0 Å². The molecule has 1 aliphatic heterocycles. The summed E-state index contributed by atoms with van der Waals surface area (Å²) in [5, 5.41) is 10.3. The van der Waals surface area contributed by atoms with Gasteiger partial charge in [-0.25, -0.2) is 0 Å². The minimum atomic E-state index is -0.443. The van der Waals surface area contributed by atoms with E-state index in [0.717, 1.165) is 26.2 Å². The summed E-state index contributed by atoms with van der Waals surface area (Å²) < 4.78 is 0. The summed E-state index contributed by atoms with van der Waals surface area (Å²) in [6.07, 6.45) is 7.81. The first-order valence-electron chi connectivity index (χ1n) is 9.37. The maximum absolute atomic E-state index is 12.4. The molecule has 0 aromatic carbocycles. The summed E-state index contributed by atoms with van der Waals surface area (Å²) >= 11 is 0. The molecule has 0 aromatic rings. The molecule has 2 fully saturated rings. The first-order chi connectivity index (χ1) is 11.0. The summed E-state index contributed by atoms with van der Waals surface area (Å²) in [4.78, 5) is 18.7. The molecule has 1 saturated carbocycles. The fourth-order valence-electron chi connectivity index (χ4n) is 3.77. The normalized spacial score (nSPS) is 23.4. The second kappa shape index (κ2) is 9.60. The van der Waals surface area contributed by atoms with Crippen LogP contribution in [0.2, 0.25) is 0 Å². The number of hydrogen-bond acceptors (Lipinski definition) is 4. The van der Waals surface area contributed by atoms with Gasteiger partial charge in [-0.2, -0.15) is 0 Å². The van der Waals surface area contributed by atoms with Crippen LogP contribution in [-0.2, 0) is 4.79 Å². The number of aliphatic hydroxyl groups excluding tert-OH is 1. The lowest BCUT2D eigenvalue weighted by atomic mass is 9.96. The average Bonchev–Trinajstić information content (AvgIpc) is 2.78. The van der Waals surface area contributed by atoms with Crippen molar-refractivity contribution in [3.8, 4) is 0 Å². The van der Waals surface area contributed by atoms with Crippen LogP contribution in [0.3, 0.4) is 0 Å². The fraction of sp³-hybridized carbons (Fsp3) is 0.944. The van der Waals surface area contributed by atoms with E-state index in [-0.39, 0.29) is 5.91 Å². The number of nitrogens with zero attached hydrogens (tertiary/aromatic N) is 3. The molecule has 0 spiro atoms. The van der Waals surface area contributed by atoms with Crippen molar-refractivity contribution < 1.29 is 9.90 Å². The van der Waals surface area contributed by atoms with E-state index in [0.29, 0.717) is 25.4 Å². The summed E-state index contributed by atoms with van der Waals surface area (Å²) in [6, 6.07) is 0. The smallest absolute Gasteiger partial charge is 0.222 e. The Kier molecular flexibility index (Phi) is 7.80. The molecule has 1 aliphatic carbocycles. The van der Waals surface area contributed by atoms with Crippen molar-refractivity contribution in [2.24, 2.45) is 5.92 Å². The summed E-state index contributed by atoms with van der Waals surface area (Å²) in [5.74, 6) is 0.761. The molecule has 0 aromatic heterocycles. The average molecular weight is 325 g/mol. The molecular formula is C18H35N3O2. The SMILES string of the molecule is CN1CCN(C[C@H](O)CN(C)C(=O)CC2CCCCCC2)CC1. The van der Waals surface area contributed by atoms with Gasteiger partial charge in [0.15, 0.2) is 0 Å². The molecule has 1 heterocycles. The van der Waals surface area contributed by atoms with Crippen LogP contribution in [0.15, 0.2) is 0 Å². The highest BCUT2D eigenvalue weighted by Gasteiger charge is 2.22. The number of hydrogen-bond donors (Lipinski definition) is 1. The van der Waals surface area contributed by atoms with E-state index < -0.39 is 6.10 Å². The Morgan fingerprint density at radius 2 is 1.74 bits per heavy atom. The highest BCUT2D eigenvalue weighted by molar-refractivity contribution is 5.76. The molecule has 134 valence electrons. The molecule has 0 unspecified atom stereocenters. The number of rotatable bonds is 6. The number of amides is 1. The predicted molar refractivity (Wildman–Crippen MR) is 93.4 cm³/mol. The van der Waals surface area contributed by atoms with Crippen LogP contribution < -0.4 is 0 Å². The molecule has 23 heavy (non-hydrogen) atoms. The molecule has 2 rings (SSSR count). The van der Waals surface area contributed by atoms with Gasteiger partial charge >= 0.3 is 0 Å². The highest BCUT2D eigenvalue weighted by atomic mass is 16.3. The van der Waals surface area contributed by atoms with E-state index in [1.807, 2.05) is 7.05 Å². The van der Waals surface area contributed by atoms with E-state index in [1.54, 1.807) is 4.90 Å². The van der Waals surface area contributed by atoms with E-state index in [9.17, 15) is 9.90 Å². The van der Waals surface area contributed by atoms with E-state index >= 15 is 0 Å². The highest BCUT2D eigenvalue weighted by Crippen LogP contribution is 2.25. The van der Waals surface area contributed by atoms with Crippen LogP contribution in [0.4, 0.5) is 0 Å². The zero-order valence-electron chi connectivity index (χ0n) is 15.0. The molecule has 0 radical (unpaired) electrons. The molecule has 2 aliphatic rings. The van der Waals surface area contributed by atoms with Crippen LogP contribution in [0, 0.1) is 5.92 Å². The lowest BCUT2D eigenvalue weighted by Gasteiger charge is -2.34. The van der Waals surface area contributed by atoms with Gasteiger partial charge in [0, 0.05) is 52.7 Å². The number of piperazine rings is 1. The van der Waals surface area contributed by atoms with E-state index in [2.05, 4.69) is 16.8 Å². The van der Waals surface area contributed by atoms with Crippen molar-refractivity contribution in [2.75, 3.05) is 53.4 Å². The fourth-order valence-corrected chi connectivity index (χ4v) is 3.77. The second-order valence-corrected chi connectivity index (χ2v) is 7.59. The topological polar surface area (TPSA) is 47.0 Å². The number of carbonyl (C=O) groups excluding carboxylic acids is 1. The van der Waals surface area contributed by atoms with Crippen LogP contribution in [0.1, 0.15) is 44.9 Å². The van der Waals surface area contributed by atoms with Crippen LogP contribution in [0.5, 0.6) is 0 Å². The van der Waals surface area contributed by atoms with Gasteiger partial charge in [0.25, 0.3) is 0 Å². The Bertz CT molecular complexity index is 348. The zero-order valence-corrected chi connectivity index (χ0v) is 15.0. The van der Waals surface area contributed by atoms with Crippen molar-refractivity contribution in [2.45, 2.75) is 51.0 Å². The summed E-state index contributed by atoms with van der Waals surface area (Å²) in [6.45, 7) is 5.26. The van der Waals surface area contributed by atoms with Gasteiger partial charge in [0.1, 0.15) is 0 Å². The molecule has 1 saturated heterocycles. The van der Waals surface area contributed by atoms with Gasteiger partial charge in [-0.05, 0) is 25.8 Å². The van der Waals surface area contributed by atoms with Crippen LogP contribution >= 0.6 is 0 Å². The van der Waals surface area contributed by atoms with Crippen molar-refractivity contribution in [1.29, 1.82) is 0 Å². The van der Waals surface area contributed by atoms with Crippen LogP contribution in [-0.4, -0.2) is 85.2 Å². The summed E-state index contributed by atoms with van der Waals surface area (Å²) in [5.41, 5.74) is 0. The minimum absolute atomic E-state index is 0.203. The second-order valence-electron chi connectivity index (χ2n) is 7.59. The van der Waals surface area contributed by atoms with Crippen molar-refractivity contribution in [3.05, 3.63) is 0 Å². The molecular weight excluding hydrogens is 290 g/mol. The Balaban J connectivity index is 1.67. The quantitative estimate of drug-likeness (QED) is 0.750. The van der Waals surface area contributed by atoms with Gasteiger partial charge < -0.3 is 14.9 Å². The lowest BCUT2D eigenvalue weighted by molar-refractivity contribution is -0.132. The standard InChI is InChI=1S/C18H35N3O2/c1-19-9-11-21(12-10-19)15-17(22)14-20(2)18(23)13-16-7-5-3-4-6-8-16/h16-17,22H,3-15H2,1-2H3/t17-/m1/s1. The molecule has 0 bridgehead atoms. The first kappa shape index (κ1) is 18.7. The zero-order chi connectivity index (χ0) is 16.7. The third-order valence-corrected chi connectivity index (χ3v) is 5.41.